The maximum absolute atomic E-state index is 13.9. The maximum atomic E-state index is 13.9. The van der Waals surface area contributed by atoms with Gasteiger partial charge in [-0.2, -0.15) is 4.31 Å². The van der Waals surface area contributed by atoms with E-state index in [1.165, 1.54) is 27.4 Å². The first kappa shape index (κ1) is 19.6. The molecule has 27 heavy (non-hydrogen) atoms. The summed E-state index contributed by atoms with van der Waals surface area (Å²) in [6.07, 6.45) is 0.455. The van der Waals surface area contributed by atoms with Gasteiger partial charge in [0.2, 0.25) is 10.0 Å². The molecule has 144 valence electrons. The Bertz CT molecular complexity index is 939. The van der Waals surface area contributed by atoms with E-state index in [1.54, 1.807) is 24.3 Å². The second-order valence-corrected chi connectivity index (χ2v) is 8.46. The van der Waals surface area contributed by atoms with Gasteiger partial charge >= 0.3 is 6.03 Å². The van der Waals surface area contributed by atoms with E-state index < -0.39 is 15.8 Å². The second kappa shape index (κ2) is 8.24. The number of hydrogen-bond donors (Lipinski definition) is 1. The molecule has 0 saturated carbocycles. The number of rotatable bonds is 3. The normalized spacial score (nSPS) is 16.0. The lowest BCUT2D eigenvalue weighted by atomic mass is 10.3. The van der Waals surface area contributed by atoms with Crippen LogP contribution in [-0.2, 0) is 10.0 Å². The molecule has 2 amide bonds. The lowest BCUT2D eigenvalue weighted by molar-refractivity contribution is 0.214. The quantitative estimate of drug-likeness (QED) is 0.841. The van der Waals surface area contributed by atoms with Crippen molar-refractivity contribution >= 4 is 33.3 Å². The molecule has 1 aliphatic heterocycles. The third-order valence-corrected chi connectivity index (χ3v) is 6.44. The van der Waals surface area contributed by atoms with Crippen LogP contribution in [0.25, 0.3) is 0 Å². The number of hydrogen-bond acceptors (Lipinski definition) is 3. The van der Waals surface area contributed by atoms with Crippen LogP contribution in [0.2, 0.25) is 5.02 Å². The van der Waals surface area contributed by atoms with Crippen molar-refractivity contribution in [3.05, 3.63) is 59.4 Å². The number of carbonyl (C=O) groups is 1. The highest BCUT2D eigenvalue weighted by molar-refractivity contribution is 7.89. The van der Waals surface area contributed by atoms with Crippen molar-refractivity contribution in [3.63, 3.8) is 0 Å². The summed E-state index contributed by atoms with van der Waals surface area (Å²) in [6.45, 7) is 0.924. The second-order valence-electron chi connectivity index (χ2n) is 6.12. The molecule has 0 radical (unpaired) electrons. The van der Waals surface area contributed by atoms with E-state index in [1.807, 2.05) is 0 Å². The molecule has 0 aliphatic carbocycles. The van der Waals surface area contributed by atoms with Gasteiger partial charge in [0.25, 0.3) is 0 Å². The van der Waals surface area contributed by atoms with Crippen molar-refractivity contribution in [2.45, 2.75) is 11.3 Å². The predicted molar refractivity (Wildman–Crippen MR) is 102 cm³/mol. The zero-order chi connectivity index (χ0) is 19.4. The van der Waals surface area contributed by atoms with Gasteiger partial charge in [0.1, 0.15) is 10.7 Å². The van der Waals surface area contributed by atoms with Crippen molar-refractivity contribution in [2.75, 3.05) is 31.5 Å². The van der Waals surface area contributed by atoms with Crippen LogP contribution in [0.15, 0.2) is 53.4 Å². The highest BCUT2D eigenvalue weighted by Crippen LogP contribution is 2.21. The predicted octanol–water partition coefficient (Wildman–Crippen LogP) is 3.41. The van der Waals surface area contributed by atoms with Crippen LogP contribution in [0, 0.1) is 5.82 Å². The summed E-state index contributed by atoms with van der Waals surface area (Å²) in [4.78, 5) is 13.6. The first-order chi connectivity index (χ1) is 12.9. The van der Waals surface area contributed by atoms with E-state index >= 15 is 0 Å². The van der Waals surface area contributed by atoms with Gasteiger partial charge in [-0.3, -0.25) is 0 Å². The van der Waals surface area contributed by atoms with Gasteiger partial charge in [-0.15, -0.1) is 0 Å². The number of anilines is 1. The summed E-state index contributed by atoms with van der Waals surface area (Å²) in [6, 6.07) is 11.7. The minimum absolute atomic E-state index is 0.0969. The van der Waals surface area contributed by atoms with E-state index in [9.17, 15) is 17.6 Å². The largest absolute Gasteiger partial charge is 0.323 e. The summed E-state index contributed by atoms with van der Waals surface area (Å²) >= 11 is 5.91. The highest BCUT2D eigenvalue weighted by Gasteiger charge is 2.30. The molecule has 1 fully saturated rings. The van der Waals surface area contributed by atoms with Crippen LogP contribution in [0.3, 0.4) is 0 Å². The summed E-state index contributed by atoms with van der Waals surface area (Å²) in [5.74, 6) is -0.780. The van der Waals surface area contributed by atoms with Crippen LogP contribution in [0.1, 0.15) is 6.42 Å². The number of urea groups is 1. The van der Waals surface area contributed by atoms with E-state index in [2.05, 4.69) is 5.32 Å². The molecular weight excluding hydrogens is 393 g/mol. The Morgan fingerprint density at radius 1 is 1.04 bits per heavy atom. The van der Waals surface area contributed by atoms with E-state index in [-0.39, 0.29) is 30.6 Å². The molecule has 1 saturated heterocycles. The molecule has 3 rings (SSSR count). The fourth-order valence-electron chi connectivity index (χ4n) is 2.90. The number of amides is 2. The molecule has 9 heteroatoms. The van der Waals surface area contributed by atoms with Gasteiger partial charge in [0, 0.05) is 36.9 Å². The lowest BCUT2D eigenvalue weighted by Crippen LogP contribution is -2.39. The van der Waals surface area contributed by atoms with Crippen molar-refractivity contribution in [1.29, 1.82) is 0 Å². The van der Waals surface area contributed by atoms with Crippen molar-refractivity contribution < 1.29 is 17.6 Å². The van der Waals surface area contributed by atoms with Crippen LogP contribution in [0.5, 0.6) is 0 Å². The van der Waals surface area contributed by atoms with Gasteiger partial charge in [0.05, 0.1) is 0 Å². The minimum atomic E-state index is -3.95. The molecule has 1 N–H and O–H groups in total. The molecule has 1 aliphatic rings. The monoisotopic (exact) mass is 411 g/mol. The van der Waals surface area contributed by atoms with Gasteiger partial charge < -0.3 is 10.2 Å². The third kappa shape index (κ3) is 4.58. The number of nitrogens with zero attached hydrogens (tertiary/aromatic N) is 2. The molecular formula is C18H19ClFN3O3S. The Morgan fingerprint density at radius 2 is 1.81 bits per heavy atom. The van der Waals surface area contributed by atoms with Gasteiger partial charge in [0.15, 0.2) is 0 Å². The molecule has 2 aromatic carbocycles. The molecule has 0 unspecified atom stereocenters. The lowest BCUT2D eigenvalue weighted by Gasteiger charge is -2.22. The molecule has 6 nitrogen and oxygen atoms in total. The van der Waals surface area contributed by atoms with Crippen LogP contribution >= 0.6 is 11.6 Å². The van der Waals surface area contributed by atoms with Crippen LogP contribution < -0.4 is 5.32 Å². The molecule has 2 aromatic rings. The van der Waals surface area contributed by atoms with Crippen LogP contribution in [-0.4, -0.2) is 49.8 Å². The number of carbonyl (C=O) groups excluding carboxylic acids is 1. The smallest absolute Gasteiger partial charge is 0.321 e. The van der Waals surface area contributed by atoms with Crippen LogP contribution in [0.4, 0.5) is 14.9 Å². The first-order valence-corrected chi connectivity index (χ1v) is 10.3. The Labute approximate surface area is 162 Å². The Hall–Kier alpha value is -2.16. The summed E-state index contributed by atoms with van der Waals surface area (Å²) in [7, 11) is -3.95. The topological polar surface area (TPSA) is 69.7 Å². The summed E-state index contributed by atoms with van der Waals surface area (Å²) in [5.41, 5.74) is 0.563. The highest BCUT2D eigenvalue weighted by atomic mass is 35.5. The number of nitrogens with one attached hydrogen (secondary N) is 1. The number of benzene rings is 2. The molecule has 0 atom stereocenters. The van der Waals surface area contributed by atoms with E-state index in [4.69, 9.17) is 11.6 Å². The van der Waals surface area contributed by atoms with Crippen molar-refractivity contribution in [3.8, 4) is 0 Å². The molecule has 0 aromatic heterocycles. The standard InChI is InChI=1S/C18H19ClFN3O3S/c19-14-5-3-6-15(13-14)21-18(24)22-9-4-10-23(12-11-22)27(25,26)17-8-2-1-7-16(17)20/h1-3,5-8,13H,4,9-12H2,(H,21,24). The number of halogens is 2. The zero-order valence-electron chi connectivity index (χ0n) is 14.4. The van der Waals surface area contributed by atoms with Gasteiger partial charge in [-0.1, -0.05) is 29.8 Å². The molecule has 0 bridgehead atoms. The summed E-state index contributed by atoms with van der Waals surface area (Å²) in [5, 5.41) is 3.25. The van der Waals surface area contributed by atoms with Crippen molar-refractivity contribution in [1.82, 2.24) is 9.21 Å². The Morgan fingerprint density at radius 3 is 2.56 bits per heavy atom. The first-order valence-electron chi connectivity index (χ1n) is 8.44. The fraction of sp³-hybridized carbons (Fsp3) is 0.278. The molecule has 1 heterocycles. The maximum Gasteiger partial charge on any atom is 0.321 e. The average Bonchev–Trinajstić information content (AvgIpc) is 2.89. The SMILES string of the molecule is O=C(Nc1cccc(Cl)c1)N1CCCN(S(=O)(=O)c2ccccc2F)CC1. The summed E-state index contributed by atoms with van der Waals surface area (Å²) < 4.78 is 40.6. The minimum Gasteiger partial charge on any atom is -0.323 e. The molecule has 0 spiro atoms. The van der Waals surface area contributed by atoms with E-state index in [0.717, 1.165) is 6.07 Å². The Kier molecular flexibility index (Phi) is 5.98. The van der Waals surface area contributed by atoms with Gasteiger partial charge in [-0.05, 0) is 36.8 Å². The van der Waals surface area contributed by atoms with Gasteiger partial charge in [-0.25, -0.2) is 17.6 Å². The average molecular weight is 412 g/mol. The zero-order valence-corrected chi connectivity index (χ0v) is 16.0. The fourth-order valence-corrected chi connectivity index (χ4v) is 4.62. The third-order valence-electron chi connectivity index (χ3n) is 4.27. The van der Waals surface area contributed by atoms with Crippen molar-refractivity contribution in [2.24, 2.45) is 0 Å². The Balaban J connectivity index is 1.68. The van der Waals surface area contributed by atoms with E-state index in [0.29, 0.717) is 23.7 Å². The number of sulfonamides is 1.